The predicted octanol–water partition coefficient (Wildman–Crippen LogP) is 0.422. The van der Waals surface area contributed by atoms with Gasteiger partial charge in [0, 0.05) is 17.8 Å². The summed E-state index contributed by atoms with van der Waals surface area (Å²) in [6, 6.07) is -0.752. The van der Waals surface area contributed by atoms with Crippen LogP contribution in [0.5, 0.6) is 0 Å². The fourth-order valence-corrected chi connectivity index (χ4v) is 4.31. The van der Waals surface area contributed by atoms with Gasteiger partial charge in [-0.15, -0.1) is 0 Å². The van der Waals surface area contributed by atoms with E-state index in [4.69, 9.17) is 5.11 Å². The zero-order valence-corrected chi connectivity index (χ0v) is 13.3. The molecule has 2 N–H and O–H groups in total. The summed E-state index contributed by atoms with van der Waals surface area (Å²) < 4.78 is 25.0. The minimum Gasteiger partial charge on any atom is -0.480 e. The fraction of sp³-hybridized carbons (Fsp3) is 0.692. The molecule has 1 saturated heterocycles. The molecule has 7 nitrogen and oxygen atoms in total. The molecular weight excluding hydrogens is 294 g/mol. The van der Waals surface area contributed by atoms with E-state index in [0.29, 0.717) is 13.0 Å². The Kier molecular flexibility index (Phi) is 4.38. The highest BCUT2D eigenvalue weighted by Crippen LogP contribution is 2.26. The third-order valence-electron chi connectivity index (χ3n) is 3.98. The molecule has 0 radical (unpaired) electrons. The lowest BCUT2D eigenvalue weighted by Crippen LogP contribution is -2.33. The van der Waals surface area contributed by atoms with E-state index < -0.39 is 21.8 Å². The Morgan fingerprint density at radius 2 is 2.19 bits per heavy atom. The molecule has 0 saturated carbocycles. The van der Waals surface area contributed by atoms with Crippen molar-refractivity contribution in [3.8, 4) is 0 Å². The Labute approximate surface area is 124 Å². The molecule has 1 fully saturated rings. The highest BCUT2D eigenvalue weighted by molar-refractivity contribution is 7.91. The average molecular weight is 315 g/mol. The number of hydrogen-bond donors (Lipinski definition) is 2. The smallest absolute Gasteiger partial charge is 0.320 e. The summed E-state index contributed by atoms with van der Waals surface area (Å²) in [5.74, 6) is -0.563. The Hall–Kier alpha value is -1.41. The van der Waals surface area contributed by atoms with Gasteiger partial charge in [-0.25, -0.2) is 8.42 Å². The Morgan fingerprint density at radius 1 is 1.52 bits per heavy atom. The van der Waals surface area contributed by atoms with Crippen molar-refractivity contribution in [1.82, 2.24) is 15.1 Å². The van der Waals surface area contributed by atoms with Gasteiger partial charge in [0.05, 0.1) is 23.2 Å². The number of rotatable bonds is 5. The van der Waals surface area contributed by atoms with E-state index in [1.54, 1.807) is 11.6 Å². The van der Waals surface area contributed by atoms with Crippen molar-refractivity contribution >= 4 is 15.8 Å². The molecule has 0 bridgehead atoms. The van der Waals surface area contributed by atoms with Crippen LogP contribution in [-0.2, 0) is 21.2 Å². The first-order valence-electron chi connectivity index (χ1n) is 6.92. The summed E-state index contributed by atoms with van der Waals surface area (Å²) >= 11 is 0. The molecule has 0 spiro atoms. The van der Waals surface area contributed by atoms with Crippen LogP contribution in [0.4, 0.5) is 0 Å². The number of nitrogens with one attached hydrogen (secondary N) is 1. The maximum Gasteiger partial charge on any atom is 0.320 e. The molecule has 1 aliphatic heterocycles. The van der Waals surface area contributed by atoms with Crippen molar-refractivity contribution in [1.29, 1.82) is 0 Å². The van der Waals surface area contributed by atoms with Crippen LogP contribution in [0.25, 0.3) is 0 Å². The van der Waals surface area contributed by atoms with Crippen LogP contribution >= 0.6 is 0 Å². The number of nitrogens with zero attached hydrogens (tertiary/aromatic N) is 2. The van der Waals surface area contributed by atoms with Crippen LogP contribution in [0.3, 0.4) is 0 Å². The standard InChI is InChI=1S/C13H21N3O4S/c1-8-12(6-14-9(2)13(17)18)10(3)16(15-8)11-4-5-21(19,20)7-11/h9,11,14H,4-7H2,1-3H3,(H,17,18). The summed E-state index contributed by atoms with van der Waals surface area (Å²) in [4.78, 5) is 10.8. The van der Waals surface area contributed by atoms with E-state index in [9.17, 15) is 13.2 Å². The maximum atomic E-state index is 11.6. The third kappa shape index (κ3) is 3.44. The normalized spacial score (nSPS) is 22.3. The van der Waals surface area contributed by atoms with Gasteiger partial charge in [0.25, 0.3) is 0 Å². The third-order valence-corrected chi connectivity index (χ3v) is 5.73. The van der Waals surface area contributed by atoms with Crippen molar-refractivity contribution in [3.63, 3.8) is 0 Å². The van der Waals surface area contributed by atoms with Crippen LogP contribution < -0.4 is 5.32 Å². The number of carbonyl (C=O) groups is 1. The second-order valence-corrected chi connectivity index (χ2v) is 7.82. The van der Waals surface area contributed by atoms with Crippen molar-refractivity contribution in [2.45, 2.75) is 45.8 Å². The van der Waals surface area contributed by atoms with E-state index in [2.05, 4.69) is 10.4 Å². The Balaban J connectivity index is 2.16. The zero-order valence-electron chi connectivity index (χ0n) is 12.5. The molecule has 1 aliphatic rings. The molecule has 21 heavy (non-hydrogen) atoms. The summed E-state index contributed by atoms with van der Waals surface area (Å²) in [7, 11) is -2.96. The lowest BCUT2D eigenvalue weighted by Gasteiger charge is -2.12. The molecular formula is C13H21N3O4S. The highest BCUT2D eigenvalue weighted by atomic mass is 32.2. The molecule has 0 amide bonds. The van der Waals surface area contributed by atoms with Gasteiger partial charge in [-0.05, 0) is 27.2 Å². The second kappa shape index (κ2) is 5.76. The molecule has 0 aliphatic carbocycles. The molecule has 0 aromatic carbocycles. The number of sulfone groups is 1. The number of carboxylic acid groups (broad SMARTS) is 1. The SMILES string of the molecule is Cc1nn(C2CCS(=O)(=O)C2)c(C)c1CNC(C)C(=O)O. The van der Waals surface area contributed by atoms with Gasteiger partial charge < -0.3 is 10.4 Å². The highest BCUT2D eigenvalue weighted by Gasteiger charge is 2.31. The first kappa shape index (κ1) is 16.0. The first-order chi connectivity index (χ1) is 9.71. The lowest BCUT2D eigenvalue weighted by molar-refractivity contribution is -0.139. The van der Waals surface area contributed by atoms with Crippen molar-refractivity contribution < 1.29 is 18.3 Å². The van der Waals surface area contributed by atoms with Crippen molar-refractivity contribution in [2.75, 3.05) is 11.5 Å². The fourth-order valence-electron chi connectivity index (χ4n) is 2.62. The quantitative estimate of drug-likeness (QED) is 0.817. The first-order valence-corrected chi connectivity index (χ1v) is 8.74. The minimum atomic E-state index is -2.96. The second-order valence-electron chi connectivity index (χ2n) is 5.59. The van der Waals surface area contributed by atoms with Crippen LogP contribution in [0, 0.1) is 13.8 Å². The molecule has 2 rings (SSSR count). The molecule has 2 unspecified atom stereocenters. The van der Waals surface area contributed by atoms with E-state index in [-0.39, 0.29) is 17.5 Å². The van der Waals surface area contributed by atoms with Gasteiger partial charge >= 0.3 is 5.97 Å². The van der Waals surface area contributed by atoms with Gasteiger partial charge in [0.2, 0.25) is 0 Å². The number of carboxylic acids is 1. The monoisotopic (exact) mass is 315 g/mol. The van der Waals surface area contributed by atoms with Gasteiger partial charge in [-0.3, -0.25) is 9.48 Å². The van der Waals surface area contributed by atoms with Crippen LogP contribution in [0.2, 0.25) is 0 Å². The van der Waals surface area contributed by atoms with E-state index in [0.717, 1.165) is 17.0 Å². The number of aryl methyl sites for hydroxylation is 1. The Bertz CT molecular complexity index is 651. The largest absolute Gasteiger partial charge is 0.480 e. The van der Waals surface area contributed by atoms with Gasteiger partial charge in [0.15, 0.2) is 9.84 Å². The summed E-state index contributed by atoms with van der Waals surface area (Å²) in [6.45, 7) is 5.74. The van der Waals surface area contributed by atoms with E-state index >= 15 is 0 Å². The summed E-state index contributed by atoms with van der Waals surface area (Å²) in [6.07, 6.45) is 0.586. The zero-order chi connectivity index (χ0) is 15.8. The lowest BCUT2D eigenvalue weighted by atomic mass is 10.1. The Morgan fingerprint density at radius 3 is 2.71 bits per heavy atom. The topological polar surface area (TPSA) is 101 Å². The minimum absolute atomic E-state index is 0.112. The number of aliphatic carboxylic acids is 1. The van der Waals surface area contributed by atoms with Crippen molar-refractivity contribution in [2.24, 2.45) is 0 Å². The van der Waals surface area contributed by atoms with Gasteiger partial charge in [0.1, 0.15) is 6.04 Å². The molecule has 2 atom stereocenters. The molecule has 8 heteroatoms. The van der Waals surface area contributed by atoms with Crippen LogP contribution in [0.15, 0.2) is 0 Å². The average Bonchev–Trinajstić information content (AvgIpc) is 2.87. The molecule has 1 aromatic heterocycles. The van der Waals surface area contributed by atoms with Crippen molar-refractivity contribution in [3.05, 3.63) is 17.0 Å². The van der Waals surface area contributed by atoms with E-state index in [1.165, 1.54) is 0 Å². The van der Waals surface area contributed by atoms with E-state index in [1.807, 2.05) is 13.8 Å². The molecule has 118 valence electrons. The van der Waals surface area contributed by atoms with Crippen LogP contribution in [-0.4, -0.2) is 46.8 Å². The van der Waals surface area contributed by atoms with Crippen LogP contribution in [0.1, 0.15) is 36.3 Å². The molecule has 1 aromatic rings. The predicted molar refractivity (Wildman–Crippen MR) is 77.9 cm³/mol. The van der Waals surface area contributed by atoms with Gasteiger partial charge in [-0.2, -0.15) is 5.10 Å². The number of aromatic nitrogens is 2. The van der Waals surface area contributed by atoms with Gasteiger partial charge in [-0.1, -0.05) is 0 Å². The summed E-state index contributed by atoms with van der Waals surface area (Å²) in [5, 5.41) is 16.3. The number of hydrogen-bond acceptors (Lipinski definition) is 5. The molecule has 2 heterocycles. The summed E-state index contributed by atoms with van der Waals surface area (Å²) in [5.41, 5.74) is 2.65. The maximum absolute atomic E-state index is 11.6.